The van der Waals surface area contributed by atoms with E-state index in [1.165, 1.54) is 29.2 Å². The van der Waals surface area contributed by atoms with Gasteiger partial charge in [0, 0.05) is 23.9 Å². The van der Waals surface area contributed by atoms with Crippen LogP contribution in [0.15, 0.2) is 42.5 Å². The van der Waals surface area contributed by atoms with Crippen molar-refractivity contribution >= 4 is 17.5 Å². The summed E-state index contributed by atoms with van der Waals surface area (Å²) in [5.74, 6) is 0.698. The largest absolute Gasteiger partial charge is 0.486 e. The van der Waals surface area contributed by atoms with E-state index in [-0.39, 0.29) is 24.1 Å². The normalized spacial score (nSPS) is 13.4. The molecule has 2 heterocycles. The first-order valence-corrected chi connectivity index (χ1v) is 11.8. The number of amides is 2. The Kier molecular flexibility index (Phi) is 7.77. The Bertz CT molecular complexity index is 1210. The van der Waals surface area contributed by atoms with Gasteiger partial charge in [0.15, 0.2) is 11.5 Å². The van der Waals surface area contributed by atoms with Crippen LogP contribution in [-0.2, 0) is 16.1 Å². The molecule has 1 aliphatic heterocycles. The molecule has 2 amide bonds. The minimum absolute atomic E-state index is 0.258. The molecule has 0 aliphatic carbocycles. The number of hydrogen-bond acceptors (Lipinski definition) is 7. The lowest BCUT2D eigenvalue weighted by Gasteiger charge is -2.29. The first-order valence-electron chi connectivity index (χ1n) is 11.8. The second-order valence-electron chi connectivity index (χ2n) is 8.89. The molecule has 1 atom stereocenters. The summed E-state index contributed by atoms with van der Waals surface area (Å²) in [5, 5.41) is 15.1. The highest BCUT2D eigenvalue weighted by molar-refractivity contribution is 6.00. The van der Waals surface area contributed by atoms with Gasteiger partial charge < -0.3 is 14.8 Å². The number of nitrogens with one attached hydrogen (secondary N) is 1. The number of halogens is 1. The molecule has 0 saturated carbocycles. The summed E-state index contributed by atoms with van der Waals surface area (Å²) in [6, 6.07) is 9.95. The topological polar surface area (TPSA) is 111 Å². The number of carbonyl (C=O) groups is 2. The van der Waals surface area contributed by atoms with Crippen LogP contribution in [0.25, 0.3) is 11.4 Å². The molecule has 4 rings (SSSR count). The SMILES string of the molecule is CC(C)CCNC(=O)C(C)N(C(=O)Cn1nnc(-c2ccc(F)cc2)n1)c1ccc2c(c1)OCCO2. The molecule has 1 N–H and O–H groups in total. The van der Waals surface area contributed by atoms with Crippen molar-refractivity contribution in [3.63, 3.8) is 0 Å². The summed E-state index contributed by atoms with van der Waals surface area (Å²) >= 11 is 0. The summed E-state index contributed by atoms with van der Waals surface area (Å²) in [7, 11) is 0. The van der Waals surface area contributed by atoms with Crippen LogP contribution in [0.2, 0.25) is 0 Å². The van der Waals surface area contributed by atoms with Crippen LogP contribution in [0.4, 0.5) is 10.1 Å². The van der Waals surface area contributed by atoms with Crippen LogP contribution in [0.3, 0.4) is 0 Å². The summed E-state index contributed by atoms with van der Waals surface area (Å²) < 4.78 is 24.5. The van der Waals surface area contributed by atoms with Crippen molar-refractivity contribution < 1.29 is 23.5 Å². The minimum Gasteiger partial charge on any atom is -0.486 e. The van der Waals surface area contributed by atoms with Gasteiger partial charge in [-0.1, -0.05) is 13.8 Å². The molecule has 3 aromatic rings. The van der Waals surface area contributed by atoms with Crippen LogP contribution in [-0.4, -0.2) is 57.8 Å². The number of ether oxygens (including phenoxy) is 2. The molecule has 1 aromatic heterocycles. The van der Waals surface area contributed by atoms with Crippen LogP contribution in [0, 0.1) is 11.7 Å². The molecule has 0 saturated heterocycles. The molecule has 0 fully saturated rings. The molecule has 0 spiro atoms. The summed E-state index contributed by atoms with van der Waals surface area (Å²) in [6.07, 6.45) is 0.825. The fourth-order valence-electron chi connectivity index (χ4n) is 3.74. The first-order chi connectivity index (χ1) is 17.3. The minimum atomic E-state index is -0.813. The summed E-state index contributed by atoms with van der Waals surface area (Å²) in [4.78, 5) is 29.0. The third-order valence-electron chi connectivity index (χ3n) is 5.69. The Hall–Kier alpha value is -4.02. The summed E-state index contributed by atoms with van der Waals surface area (Å²) in [5.41, 5.74) is 1.05. The van der Waals surface area contributed by atoms with Gasteiger partial charge >= 0.3 is 0 Å². The molecule has 190 valence electrons. The van der Waals surface area contributed by atoms with Crippen molar-refractivity contribution in [1.82, 2.24) is 25.5 Å². The highest BCUT2D eigenvalue weighted by Crippen LogP contribution is 2.34. The van der Waals surface area contributed by atoms with Crippen molar-refractivity contribution in [3.8, 4) is 22.9 Å². The van der Waals surface area contributed by atoms with E-state index in [2.05, 4.69) is 34.6 Å². The van der Waals surface area contributed by atoms with Gasteiger partial charge in [-0.05, 0) is 60.9 Å². The third kappa shape index (κ3) is 5.96. The highest BCUT2D eigenvalue weighted by Gasteiger charge is 2.29. The van der Waals surface area contributed by atoms with E-state index in [4.69, 9.17) is 9.47 Å². The van der Waals surface area contributed by atoms with Crippen LogP contribution in [0.1, 0.15) is 27.2 Å². The second-order valence-corrected chi connectivity index (χ2v) is 8.89. The standard InChI is InChI=1S/C25H29FN6O4/c1-16(2)10-11-27-25(34)17(3)32(20-8-9-21-22(14-20)36-13-12-35-21)23(33)15-31-29-24(28-30-31)18-4-6-19(26)7-5-18/h4-9,14,16-17H,10-13,15H2,1-3H3,(H,27,34). The molecular formula is C25H29FN6O4. The summed E-state index contributed by atoms with van der Waals surface area (Å²) in [6.45, 7) is 6.90. The number of anilines is 1. The molecule has 36 heavy (non-hydrogen) atoms. The van der Waals surface area contributed by atoms with Gasteiger partial charge in [0.1, 0.15) is 31.6 Å². The number of carbonyl (C=O) groups excluding carboxylic acids is 2. The van der Waals surface area contributed by atoms with Crippen molar-refractivity contribution in [2.45, 2.75) is 39.8 Å². The van der Waals surface area contributed by atoms with Crippen molar-refractivity contribution in [1.29, 1.82) is 0 Å². The predicted octanol–water partition coefficient (Wildman–Crippen LogP) is 2.83. The number of tetrazole rings is 1. The van der Waals surface area contributed by atoms with Gasteiger partial charge in [-0.2, -0.15) is 4.80 Å². The number of nitrogens with zero attached hydrogens (tertiary/aromatic N) is 5. The number of benzene rings is 2. The Morgan fingerprint density at radius 1 is 1.08 bits per heavy atom. The van der Waals surface area contributed by atoms with Gasteiger partial charge in [0.05, 0.1) is 0 Å². The fourth-order valence-corrected chi connectivity index (χ4v) is 3.74. The van der Waals surface area contributed by atoms with Gasteiger partial charge in [0.25, 0.3) is 5.91 Å². The molecule has 10 nitrogen and oxygen atoms in total. The Labute approximate surface area is 208 Å². The molecule has 0 bridgehead atoms. The smallest absolute Gasteiger partial charge is 0.251 e. The maximum atomic E-state index is 13.5. The van der Waals surface area contributed by atoms with E-state index in [1.54, 1.807) is 25.1 Å². The number of hydrogen-bond donors (Lipinski definition) is 1. The molecule has 0 radical (unpaired) electrons. The van der Waals surface area contributed by atoms with E-state index in [0.717, 1.165) is 11.2 Å². The molecule has 11 heteroatoms. The highest BCUT2D eigenvalue weighted by atomic mass is 19.1. The molecular weight excluding hydrogens is 467 g/mol. The van der Waals surface area contributed by atoms with Gasteiger partial charge in [-0.25, -0.2) is 4.39 Å². The fraction of sp³-hybridized carbons (Fsp3) is 0.400. The molecule has 1 unspecified atom stereocenters. The van der Waals surface area contributed by atoms with E-state index in [1.807, 2.05) is 0 Å². The third-order valence-corrected chi connectivity index (χ3v) is 5.69. The Morgan fingerprint density at radius 3 is 2.53 bits per heavy atom. The number of rotatable bonds is 9. The zero-order valence-electron chi connectivity index (χ0n) is 20.5. The lowest BCUT2D eigenvalue weighted by Crippen LogP contribution is -2.49. The zero-order chi connectivity index (χ0) is 25.7. The van der Waals surface area contributed by atoms with Crippen LogP contribution < -0.4 is 19.7 Å². The van der Waals surface area contributed by atoms with Gasteiger partial charge in [0.2, 0.25) is 11.7 Å². The van der Waals surface area contributed by atoms with Crippen molar-refractivity contribution in [2.75, 3.05) is 24.7 Å². The second kappa shape index (κ2) is 11.1. The average Bonchev–Trinajstić information content (AvgIpc) is 3.32. The Balaban J connectivity index is 1.56. The predicted molar refractivity (Wildman–Crippen MR) is 130 cm³/mol. The van der Waals surface area contributed by atoms with E-state index in [0.29, 0.717) is 48.4 Å². The first kappa shape index (κ1) is 25.1. The molecule has 2 aromatic carbocycles. The van der Waals surface area contributed by atoms with Gasteiger partial charge in [-0.15, -0.1) is 10.2 Å². The monoisotopic (exact) mass is 496 g/mol. The van der Waals surface area contributed by atoms with E-state index in [9.17, 15) is 14.0 Å². The lowest BCUT2D eigenvalue weighted by molar-refractivity contribution is -0.126. The Morgan fingerprint density at radius 2 is 1.81 bits per heavy atom. The average molecular weight is 497 g/mol. The van der Waals surface area contributed by atoms with Crippen molar-refractivity contribution in [2.24, 2.45) is 5.92 Å². The maximum Gasteiger partial charge on any atom is 0.251 e. The molecule has 1 aliphatic rings. The quantitative estimate of drug-likeness (QED) is 0.485. The van der Waals surface area contributed by atoms with Gasteiger partial charge in [-0.3, -0.25) is 14.5 Å². The van der Waals surface area contributed by atoms with Crippen LogP contribution >= 0.6 is 0 Å². The van der Waals surface area contributed by atoms with Crippen LogP contribution in [0.5, 0.6) is 11.5 Å². The maximum absolute atomic E-state index is 13.5. The lowest BCUT2D eigenvalue weighted by atomic mass is 10.1. The van der Waals surface area contributed by atoms with E-state index < -0.39 is 11.9 Å². The van der Waals surface area contributed by atoms with Crippen molar-refractivity contribution in [3.05, 3.63) is 48.3 Å². The van der Waals surface area contributed by atoms with E-state index >= 15 is 0 Å². The number of fused-ring (bicyclic) bond motifs is 1. The zero-order valence-corrected chi connectivity index (χ0v) is 20.5. The number of aromatic nitrogens is 4.